The lowest BCUT2D eigenvalue weighted by atomic mass is 10.4. The molecule has 2 rings (SSSR count). The van der Waals surface area contributed by atoms with Gasteiger partial charge < -0.3 is 10.5 Å². The molecule has 2 N–H and O–H groups in total. The van der Waals surface area contributed by atoms with Gasteiger partial charge in [-0.1, -0.05) is 0 Å². The lowest BCUT2D eigenvalue weighted by Crippen LogP contribution is -2.37. The van der Waals surface area contributed by atoms with Crippen LogP contribution in [-0.2, 0) is 4.74 Å². The van der Waals surface area contributed by atoms with E-state index in [9.17, 15) is 10.1 Å². The van der Waals surface area contributed by atoms with E-state index in [1.54, 1.807) is 17.8 Å². The minimum atomic E-state index is -0.523. The molecule has 1 saturated heterocycles. The van der Waals surface area contributed by atoms with Crippen molar-refractivity contribution in [1.29, 1.82) is 0 Å². The molecule has 0 aromatic carbocycles. The highest BCUT2D eigenvalue weighted by Crippen LogP contribution is 2.23. The van der Waals surface area contributed by atoms with Gasteiger partial charge >= 0.3 is 5.69 Å². The molecular weight excluding hydrogens is 268 g/mol. The number of thioether (sulfide) groups is 1. The van der Waals surface area contributed by atoms with Gasteiger partial charge in [0.15, 0.2) is 0 Å². The zero-order chi connectivity index (χ0) is 13.7. The predicted molar refractivity (Wildman–Crippen MR) is 73.3 cm³/mol. The SMILES string of the molecule is Nc1nc(SCCN2CCOCC2)ccc1[N+](=O)[O-]. The van der Waals surface area contributed by atoms with Crippen LogP contribution in [0.15, 0.2) is 17.2 Å². The van der Waals surface area contributed by atoms with E-state index >= 15 is 0 Å². The first kappa shape index (κ1) is 14.0. The van der Waals surface area contributed by atoms with Gasteiger partial charge in [0.2, 0.25) is 5.82 Å². The number of hydrogen-bond acceptors (Lipinski definition) is 7. The minimum Gasteiger partial charge on any atom is -0.379 e. The lowest BCUT2D eigenvalue weighted by molar-refractivity contribution is -0.384. The summed E-state index contributed by atoms with van der Waals surface area (Å²) in [6.07, 6.45) is 0. The van der Waals surface area contributed by atoms with E-state index in [1.165, 1.54) is 6.07 Å². The third kappa shape index (κ3) is 4.05. The fourth-order valence-electron chi connectivity index (χ4n) is 1.79. The third-order valence-electron chi connectivity index (χ3n) is 2.83. The summed E-state index contributed by atoms with van der Waals surface area (Å²) in [6, 6.07) is 3.04. The molecule has 19 heavy (non-hydrogen) atoms. The third-order valence-corrected chi connectivity index (χ3v) is 3.74. The minimum absolute atomic E-state index is 0.0265. The molecule has 0 aliphatic carbocycles. The number of pyridine rings is 1. The van der Waals surface area contributed by atoms with Gasteiger partial charge in [-0.15, -0.1) is 11.8 Å². The van der Waals surface area contributed by atoms with Gasteiger partial charge in [-0.2, -0.15) is 0 Å². The van der Waals surface area contributed by atoms with Crippen molar-refractivity contribution in [3.05, 3.63) is 22.2 Å². The first-order valence-corrected chi connectivity index (χ1v) is 6.99. The number of rotatable bonds is 5. The van der Waals surface area contributed by atoms with Crippen LogP contribution >= 0.6 is 11.8 Å². The second-order valence-corrected chi connectivity index (χ2v) is 5.23. The van der Waals surface area contributed by atoms with Crippen molar-refractivity contribution in [2.75, 3.05) is 44.3 Å². The summed E-state index contributed by atoms with van der Waals surface area (Å²) in [6.45, 7) is 4.43. The molecule has 0 spiro atoms. The van der Waals surface area contributed by atoms with Crippen LogP contribution in [0, 0.1) is 10.1 Å². The Hall–Kier alpha value is -1.38. The fourth-order valence-corrected chi connectivity index (χ4v) is 2.67. The van der Waals surface area contributed by atoms with Gasteiger partial charge in [-0.05, 0) is 6.07 Å². The summed E-state index contributed by atoms with van der Waals surface area (Å²) >= 11 is 1.55. The standard InChI is InChI=1S/C11H16N4O3S/c12-11-9(15(16)17)1-2-10(13-11)19-8-5-14-3-6-18-7-4-14/h1-2H,3-8H2,(H2,12,13). The van der Waals surface area contributed by atoms with Gasteiger partial charge in [-0.25, -0.2) is 4.98 Å². The largest absolute Gasteiger partial charge is 0.379 e. The van der Waals surface area contributed by atoms with E-state index < -0.39 is 4.92 Å². The molecule has 1 fully saturated rings. The predicted octanol–water partition coefficient (Wildman–Crippen LogP) is 0.996. The average Bonchev–Trinajstić information content (AvgIpc) is 2.39. The Labute approximate surface area is 115 Å². The summed E-state index contributed by atoms with van der Waals surface area (Å²) in [4.78, 5) is 16.4. The van der Waals surface area contributed by atoms with Gasteiger partial charge in [0.25, 0.3) is 0 Å². The first-order valence-electron chi connectivity index (χ1n) is 6.00. The number of nitro groups is 1. The Balaban J connectivity index is 1.82. The first-order chi connectivity index (χ1) is 9.16. The number of hydrogen-bond donors (Lipinski definition) is 1. The highest BCUT2D eigenvalue weighted by Gasteiger charge is 2.14. The lowest BCUT2D eigenvalue weighted by Gasteiger charge is -2.26. The molecule has 1 aromatic rings. The van der Waals surface area contributed by atoms with Gasteiger partial charge in [-0.3, -0.25) is 15.0 Å². The average molecular weight is 284 g/mol. The van der Waals surface area contributed by atoms with Gasteiger partial charge in [0, 0.05) is 31.5 Å². The number of ether oxygens (including phenoxy) is 1. The van der Waals surface area contributed by atoms with Crippen LogP contribution < -0.4 is 5.73 Å². The highest BCUT2D eigenvalue weighted by atomic mass is 32.2. The second kappa shape index (κ2) is 6.69. The molecule has 0 saturated carbocycles. The Bertz CT molecular complexity index is 452. The molecule has 1 aliphatic heterocycles. The van der Waals surface area contributed by atoms with E-state index in [-0.39, 0.29) is 11.5 Å². The van der Waals surface area contributed by atoms with E-state index in [1.807, 2.05) is 0 Å². The summed E-state index contributed by atoms with van der Waals surface area (Å²) in [5.41, 5.74) is 5.40. The van der Waals surface area contributed by atoms with E-state index in [2.05, 4.69) is 9.88 Å². The number of nitrogens with two attached hydrogens (primary N) is 1. The van der Waals surface area contributed by atoms with Crippen molar-refractivity contribution in [3.8, 4) is 0 Å². The van der Waals surface area contributed by atoms with Crippen LogP contribution in [0.5, 0.6) is 0 Å². The van der Waals surface area contributed by atoms with E-state index in [0.29, 0.717) is 0 Å². The Morgan fingerprint density at radius 2 is 2.21 bits per heavy atom. The van der Waals surface area contributed by atoms with E-state index in [4.69, 9.17) is 10.5 Å². The molecule has 0 unspecified atom stereocenters. The van der Waals surface area contributed by atoms with Gasteiger partial charge in [0.1, 0.15) is 0 Å². The van der Waals surface area contributed by atoms with Crippen LogP contribution in [0.2, 0.25) is 0 Å². The van der Waals surface area contributed by atoms with Crippen LogP contribution in [0.3, 0.4) is 0 Å². The van der Waals surface area contributed by atoms with Crippen LogP contribution in [0.25, 0.3) is 0 Å². The van der Waals surface area contributed by atoms with Crippen LogP contribution in [0.1, 0.15) is 0 Å². The highest BCUT2D eigenvalue weighted by molar-refractivity contribution is 7.99. The summed E-state index contributed by atoms with van der Waals surface area (Å²) in [7, 11) is 0. The number of nitrogen functional groups attached to an aromatic ring is 1. The Kier molecular flexibility index (Phi) is 4.94. The molecule has 7 nitrogen and oxygen atoms in total. The Morgan fingerprint density at radius 3 is 2.84 bits per heavy atom. The summed E-state index contributed by atoms with van der Waals surface area (Å²) in [5.74, 6) is 0.853. The maximum Gasteiger partial charge on any atom is 0.311 e. The smallest absolute Gasteiger partial charge is 0.311 e. The molecule has 0 bridgehead atoms. The van der Waals surface area contributed by atoms with Crippen molar-refractivity contribution in [2.24, 2.45) is 0 Å². The summed E-state index contributed by atoms with van der Waals surface area (Å²) < 4.78 is 5.27. The zero-order valence-corrected chi connectivity index (χ0v) is 11.3. The number of nitrogens with zero attached hydrogens (tertiary/aromatic N) is 3. The van der Waals surface area contributed by atoms with Crippen molar-refractivity contribution >= 4 is 23.3 Å². The number of morpholine rings is 1. The zero-order valence-electron chi connectivity index (χ0n) is 10.4. The van der Waals surface area contributed by atoms with Crippen molar-refractivity contribution in [2.45, 2.75) is 5.03 Å². The maximum absolute atomic E-state index is 10.6. The maximum atomic E-state index is 10.6. The van der Waals surface area contributed by atoms with Crippen molar-refractivity contribution in [1.82, 2.24) is 9.88 Å². The summed E-state index contributed by atoms with van der Waals surface area (Å²) in [5, 5.41) is 11.3. The number of anilines is 1. The van der Waals surface area contributed by atoms with Crippen LogP contribution in [-0.4, -0.2) is 53.4 Å². The molecule has 0 atom stereocenters. The molecular formula is C11H16N4O3S. The topological polar surface area (TPSA) is 94.5 Å². The van der Waals surface area contributed by atoms with Crippen molar-refractivity contribution in [3.63, 3.8) is 0 Å². The van der Waals surface area contributed by atoms with E-state index in [0.717, 1.165) is 43.6 Å². The second-order valence-electron chi connectivity index (χ2n) is 4.11. The molecule has 0 radical (unpaired) electrons. The monoisotopic (exact) mass is 284 g/mol. The molecule has 0 amide bonds. The normalized spacial score (nSPS) is 16.4. The number of aromatic nitrogens is 1. The van der Waals surface area contributed by atoms with Gasteiger partial charge in [0.05, 0.1) is 23.2 Å². The molecule has 104 valence electrons. The van der Waals surface area contributed by atoms with Crippen LogP contribution in [0.4, 0.5) is 11.5 Å². The Morgan fingerprint density at radius 1 is 1.47 bits per heavy atom. The molecule has 8 heteroatoms. The molecule has 2 heterocycles. The fraction of sp³-hybridized carbons (Fsp3) is 0.545. The molecule has 1 aliphatic rings. The quantitative estimate of drug-likeness (QED) is 0.489. The molecule has 1 aromatic heterocycles. The van der Waals surface area contributed by atoms with Crippen molar-refractivity contribution < 1.29 is 9.66 Å².